The molecule has 1 aromatic carbocycles. The lowest BCUT2D eigenvalue weighted by Crippen LogP contribution is -2.46. The highest BCUT2D eigenvalue weighted by molar-refractivity contribution is 5.77. The fraction of sp³-hybridized carbons (Fsp3) is 0.562. The van der Waals surface area contributed by atoms with Crippen LogP contribution in [0.4, 0.5) is 0 Å². The van der Waals surface area contributed by atoms with Crippen LogP contribution in [0, 0.1) is 26.7 Å². The fourth-order valence-corrected chi connectivity index (χ4v) is 2.56. The molecule has 0 aromatic heterocycles. The second-order valence-corrected chi connectivity index (χ2v) is 6.04. The summed E-state index contributed by atoms with van der Waals surface area (Å²) < 4.78 is 0. The summed E-state index contributed by atoms with van der Waals surface area (Å²) in [5, 5.41) is 9.08. The molecule has 0 saturated carbocycles. The predicted molar refractivity (Wildman–Crippen MR) is 78.4 cm³/mol. The third kappa shape index (κ3) is 3.80. The topological polar surface area (TPSA) is 63.3 Å². The summed E-state index contributed by atoms with van der Waals surface area (Å²) in [4.78, 5) is 11.1. The number of nitrogens with two attached hydrogens (primary N) is 1. The molecule has 3 heteroatoms. The first-order valence-electron chi connectivity index (χ1n) is 6.73. The lowest BCUT2D eigenvalue weighted by molar-refractivity contribution is -0.143. The number of hydrogen-bond donors (Lipinski definition) is 2. The molecule has 1 rings (SSSR count). The van der Waals surface area contributed by atoms with Gasteiger partial charge in [0.2, 0.25) is 0 Å². The van der Waals surface area contributed by atoms with E-state index in [9.17, 15) is 4.79 Å². The van der Waals surface area contributed by atoms with Crippen molar-refractivity contribution in [1.82, 2.24) is 0 Å². The average Bonchev–Trinajstić information content (AvgIpc) is 2.29. The van der Waals surface area contributed by atoms with E-state index >= 15 is 0 Å². The molecule has 0 aliphatic rings. The van der Waals surface area contributed by atoms with E-state index in [1.165, 1.54) is 22.3 Å². The maximum Gasteiger partial charge on any atom is 0.323 e. The predicted octanol–water partition coefficient (Wildman–Crippen LogP) is 2.98. The summed E-state index contributed by atoms with van der Waals surface area (Å²) in [6.45, 7) is 9.99. The monoisotopic (exact) mass is 263 g/mol. The third-order valence-electron chi connectivity index (χ3n) is 3.92. The van der Waals surface area contributed by atoms with Crippen molar-refractivity contribution in [2.45, 2.75) is 53.0 Å². The van der Waals surface area contributed by atoms with Crippen LogP contribution in [-0.4, -0.2) is 16.6 Å². The normalized spacial score (nSPS) is 15.9. The number of carboxylic acid groups (broad SMARTS) is 1. The van der Waals surface area contributed by atoms with Crippen LogP contribution in [0.25, 0.3) is 0 Å². The van der Waals surface area contributed by atoms with Gasteiger partial charge in [-0.25, -0.2) is 0 Å². The standard InChI is InChI=1S/C16H25NO2/c1-10(9-16(5,17)15(18)19)8-14-12(3)7-6-11(2)13(14)4/h6-7,10H,8-9,17H2,1-5H3,(H,18,19). The van der Waals surface area contributed by atoms with Gasteiger partial charge in [-0.1, -0.05) is 19.1 Å². The van der Waals surface area contributed by atoms with Gasteiger partial charge in [-0.05, 0) is 68.7 Å². The van der Waals surface area contributed by atoms with Crippen molar-refractivity contribution in [2.24, 2.45) is 11.7 Å². The summed E-state index contributed by atoms with van der Waals surface area (Å²) in [7, 11) is 0. The molecular formula is C16H25NO2. The van der Waals surface area contributed by atoms with Gasteiger partial charge < -0.3 is 10.8 Å². The molecule has 2 unspecified atom stereocenters. The number of carboxylic acids is 1. The van der Waals surface area contributed by atoms with E-state index in [1.54, 1.807) is 6.92 Å². The van der Waals surface area contributed by atoms with Gasteiger partial charge in [0.05, 0.1) is 0 Å². The molecule has 0 heterocycles. The van der Waals surface area contributed by atoms with Gasteiger partial charge in [0.25, 0.3) is 0 Å². The van der Waals surface area contributed by atoms with Crippen LogP contribution in [0.15, 0.2) is 12.1 Å². The van der Waals surface area contributed by atoms with E-state index in [-0.39, 0.29) is 5.92 Å². The maximum absolute atomic E-state index is 11.1. The number of rotatable bonds is 5. The van der Waals surface area contributed by atoms with Gasteiger partial charge in [0.15, 0.2) is 0 Å². The van der Waals surface area contributed by atoms with Crippen molar-refractivity contribution in [3.8, 4) is 0 Å². The van der Waals surface area contributed by atoms with Gasteiger partial charge in [0.1, 0.15) is 5.54 Å². The molecule has 1 aromatic rings. The van der Waals surface area contributed by atoms with Crippen molar-refractivity contribution in [1.29, 1.82) is 0 Å². The van der Waals surface area contributed by atoms with Gasteiger partial charge in [-0.2, -0.15) is 0 Å². The van der Waals surface area contributed by atoms with E-state index in [0.29, 0.717) is 6.42 Å². The number of aliphatic carboxylic acids is 1. The SMILES string of the molecule is Cc1ccc(C)c(CC(C)CC(C)(N)C(=O)O)c1C. The molecule has 0 radical (unpaired) electrons. The van der Waals surface area contributed by atoms with Crippen LogP contribution in [0.2, 0.25) is 0 Å². The Labute approximate surface area is 115 Å². The Bertz CT molecular complexity index is 478. The number of aryl methyl sites for hydroxylation is 2. The van der Waals surface area contributed by atoms with Gasteiger partial charge in [-0.3, -0.25) is 4.79 Å². The van der Waals surface area contributed by atoms with E-state index in [0.717, 1.165) is 6.42 Å². The molecule has 0 aliphatic heterocycles. The first kappa shape index (κ1) is 15.7. The highest BCUT2D eigenvalue weighted by Gasteiger charge is 2.30. The quantitative estimate of drug-likeness (QED) is 0.858. The van der Waals surface area contributed by atoms with Crippen LogP contribution in [0.3, 0.4) is 0 Å². The highest BCUT2D eigenvalue weighted by Crippen LogP contribution is 2.24. The van der Waals surface area contributed by atoms with E-state index in [1.807, 2.05) is 0 Å². The summed E-state index contributed by atoms with van der Waals surface area (Å²) in [6, 6.07) is 4.26. The Balaban J connectivity index is 2.86. The number of benzene rings is 1. The minimum Gasteiger partial charge on any atom is -0.480 e. The molecular weight excluding hydrogens is 238 g/mol. The Hall–Kier alpha value is -1.35. The van der Waals surface area contributed by atoms with Crippen molar-refractivity contribution >= 4 is 5.97 Å². The number of carbonyl (C=O) groups is 1. The van der Waals surface area contributed by atoms with E-state index in [2.05, 4.69) is 39.8 Å². The zero-order valence-corrected chi connectivity index (χ0v) is 12.6. The summed E-state index contributed by atoms with van der Waals surface area (Å²) in [5.41, 5.74) is 9.85. The second-order valence-electron chi connectivity index (χ2n) is 6.04. The molecule has 3 N–H and O–H groups in total. The molecule has 0 bridgehead atoms. The fourth-order valence-electron chi connectivity index (χ4n) is 2.56. The minimum absolute atomic E-state index is 0.241. The lowest BCUT2D eigenvalue weighted by atomic mass is 9.84. The first-order valence-corrected chi connectivity index (χ1v) is 6.73. The summed E-state index contributed by atoms with van der Waals surface area (Å²) in [5.74, 6) is -0.692. The number of hydrogen-bond acceptors (Lipinski definition) is 2. The van der Waals surface area contributed by atoms with Crippen LogP contribution in [-0.2, 0) is 11.2 Å². The zero-order valence-electron chi connectivity index (χ0n) is 12.6. The molecule has 0 spiro atoms. The average molecular weight is 263 g/mol. The Morgan fingerprint density at radius 1 is 1.32 bits per heavy atom. The summed E-state index contributed by atoms with van der Waals surface area (Å²) in [6.07, 6.45) is 1.36. The lowest BCUT2D eigenvalue weighted by Gasteiger charge is -2.24. The Morgan fingerprint density at radius 3 is 2.37 bits per heavy atom. The van der Waals surface area contributed by atoms with Crippen LogP contribution in [0.1, 0.15) is 42.5 Å². The van der Waals surface area contributed by atoms with E-state index in [4.69, 9.17) is 10.8 Å². The van der Waals surface area contributed by atoms with Crippen LogP contribution in [0.5, 0.6) is 0 Å². The molecule has 0 amide bonds. The second kappa shape index (κ2) is 5.74. The van der Waals surface area contributed by atoms with Gasteiger partial charge in [-0.15, -0.1) is 0 Å². The smallest absolute Gasteiger partial charge is 0.323 e. The molecule has 0 saturated heterocycles. The summed E-state index contributed by atoms with van der Waals surface area (Å²) >= 11 is 0. The minimum atomic E-state index is -1.15. The van der Waals surface area contributed by atoms with Gasteiger partial charge in [0, 0.05) is 0 Å². The molecule has 0 fully saturated rings. The maximum atomic E-state index is 11.1. The molecule has 0 aliphatic carbocycles. The molecule has 3 nitrogen and oxygen atoms in total. The highest BCUT2D eigenvalue weighted by atomic mass is 16.4. The van der Waals surface area contributed by atoms with Crippen LogP contribution < -0.4 is 5.73 Å². The molecule has 106 valence electrons. The van der Waals surface area contributed by atoms with Crippen LogP contribution >= 0.6 is 0 Å². The third-order valence-corrected chi connectivity index (χ3v) is 3.92. The van der Waals surface area contributed by atoms with Crippen molar-refractivity contribution in [3.05, 3.63) is 34.4 Å². The van der Waals surface area contributed by atoms with Gasteiger partial charge >= 0.3 is 5.97 Å². The van der Waals surface area contributed by atoms with E-state index < -0.39 is 11.5 Å². The molecule has 2 atom stereocenters. The Kier molecular flexibility index (Phi) is 4.75. The Morgan fingerprint density at radius 2 is 1.84 bits per heavy atom. The van der Waals surface area contributed by atoms with Crippen molar-refractivity contribution in [2.75, 3.05) is 0 Å². The van der Waals surface area contributed by atoms with Crippen molar-refractivity contribution < 1.29 is 9.90 Å². The largest absolute Gasteiger partial charge is 0.480 e. The first-order chi connectivity index (χ1) is 8.65. The van der Waals surface area contributed by atoms with Crippen molar-refractivity contribution in [3.63, 3.8) is 0 Å². The molecule has 19 heavy (non-hydrogen) atoms. The zero-order chi connectivity index (χ0) is 14.8.